The highest BCUT2D eigenvalue weighted by Gasteiger charge is 2.21. The number of amides is 3. The van der Waals surface area contributed by atoms with E-state index in [1.807, 2.05) is 13.0 Å². The topological polar surface area (TPSA) is 163 Å². The molecule has 0 spiro atoms. The molecule has 3 amide bonds. The van der Waals surface area contributed by atoms with Crippen LogP contribution in [0.2, 0.25) is 0 Å². The number of rotatable bonds is 12. The summed E-state index contributed by atoms with van der Waals surface area (Å²) in [7, 11) is -4.07. The standard InChI is InChI=1S/C27H30N4O7S/c1-2-14-28-26(34)29-21-11-7-13-23(16-21)39(36,37)31-22-12-6-10-20(15-22)24(17-25(32)33)30-27(35)38-18-19-8-4-3-5-9-19/h3-13,15-16,24,31H,2,14,17-18H2,1H3,(H,30,35)(H,32,33)(H2,28,29,34)/t24-/m1/s1. The minimum Gasteiger partial charge on any atom is -0.481 e. The number of nitrogens with one attached hydrogen (secondary N) is 4. The molecule has 0 aromatic heterocycles. The smallest absolute Gasteiger partial charge is 0.407 e. The molecule has 1 atom stereocenters. The molecule has 0 fully saturated rings. The van der Waals surface area contributed by atoms with Gasteiger partial charge in [-0.25, -0.2) is 18.0 Å². The molecule has 5 N–H and O–H groups in total. The summed E-state index contributed by atoms with van der Waals surface area (Å²) in [5.74, 6) is -1.17. The summed E-state index contributed by atoms with van der Waals surface area (Å²) in [5, 5.41) is 17.1. The number of hydrogen-bond acceptors (Lipinski definition) is 6. The molecule has 0 aliphatic rings. The van der Waals surface area contributed by atoms with Gasteiger partial charge in [-0.05, 0) is 47.9 Å². The summed E-state index contributed by atoms with van der Waals surface area (Å²) >= 11 is 0. The normalized spacial score (nSPS) is 11.6. The number of alkyl carbamates (subject to hydrolysis) is 1. The summed E-state index contributed by atoms with van der Waals surface area (Å²) in [6.45, 7) is 2.39. The lowest BCUT2D eigenvalue weighted by Gasteiger charge is -2.18. The van der Waals surface area contributed by atoms with E-state index in [1.165, 1.54) is 36.4 Å². The van der Waals surface area contributed by atoms with Crippen molar-refractivity contribution < 1.29 is 32.6 Å². The number of ether oxygens (including phenoxy) is 1. The SMILES string of the molecule is CCCNC(=O)Nc1cccc(S(=O)(=O)Nc2cccc([C@@H](CC(=O)O)NC(=O)OCc3ccccc3)c2)c1. The Hall–Kier alpha value is -4.58. The Bertz CT molecular complexity index is 1400. The number of benzene rings is 3. The van der Waals surface area contributed by atoms with E-state index >= 15 is 0 Å². The van der Waals surface area contributed by atoms with Gasteiger partial charge in [-0.2, -0.15) is 0 Å². The van der Waals surface area contributed by atoms with Crippen molar-refractivity contribution in [3.8, 4) is 0 Å². The number of carboxylic acids is 1. The number of anilines is 2. The maximum atomic E-state index is 13.0. The van der Waals surface area contributed by atoms with E-state index < -0.39 is 40.6 Å². The molecule has 0 aliphatic heterocycles. The Morgan fingerprint density at radius 3 is 2.36 bits per heavy atom. The molecule has 0 heterocycles. The molecular formula is C27H30N4O7S. The summed E-state index contributed by atoms with van der Waals surface area (Å²) in [5.41, 5.74) is 1.57. The van der Waals surface area contributed by atoms with Crippen molar-refractivity contribution in [2.45, 2.75) is 37.3 Å². The summed E-state index contributed by atoms with van der Waals surface area (Å²) in [6, 6.07) is 19.3. The van der Waals surface area contributed by atoms with Crippen LogP contribution >= 0.6 is 0 Å². The van der Waals surface area contributed by atoms with Gasteiger partial charge in [0.05, 0.1) is 17.4 Å². The third kappa shape index (κ3) is 9.34. The molecule has 206 valence electrons. The van der Waals surface area contributed by atoms with Gasteiger partial charge in [-0.1, -0.05) is 55.5 Å². The molecule has 3 aromatic rings. The Morgan fingerprint density at radius 1 is 0.923 bits per heavy atom. The predicted octanol–water partition coefficient (Wildman–Crippen LogP) is 4.46. The van der Waals surface area contributed by atoms with E-state index in [9.17, 15) is 27.9 Å². The minimum atomic E-state index is -4.07. The van der Waals surface area contributed by atoms with Gasteiger partial charge in [-0.3, -0.25) is 9.52 Å². The molecule has 0 saturated heterocycles. The molecule has 0 saturated carbocycles. The second kappa shape index (κ2) is 13.8. The van der Waals surface area contributed by atoms with E-state index in [4.69, 9.17) is 4.74 Å². The molecular weight excluding hydrogens is 524 g/mol. The maximum Gasteiger partial charge on any atom is 0.407 e. The van der Waals surface area contributed by atoms with Crippen LogP contribution in [0, 0.1) is 0 Å². The van der Waals surface area contributed by atoms with Gasteiger partial charge in [0.25, 0.3) is 10.0 Å². The van der Waals surface area contributed by atoms with Gasteiger partial charge >= 0.3 is 18.1 Å². The van der Waals surface area contributed by atoms with E-state index in [0.29, 0.717) is 17.8 Å². The van der Waals surface area contributed by atoms with Crippen LogP contribution < -0.4 is 20.7 Å². The summed E-state index contributed by atoms with van der Waals surface area (Å²) < 4.78 is 33.7. The molecule has 11 nitrogen and oxygen atoms in total. The van der Waals surface area contributed by atoms with Crippen molar-refractivity contribution in [3.05, 3.63) is 90.0 Å². The quantitative estimate of drug-likeness (QED) is 0.221. The fraction of sp³-hybridized carbons (Fsp3) is 0.222. The zero-order valence-corrected chi connectivity index (χ0v) is 22.0. The van der Waals surface area contributed by atoms with Crippen LogP contribution in [0.1, 0.15) is 36.9 Å². The van der Waals surface area contributed by atoms with E-state index in [2.05, 4.69) is 20.7 Å². The first-order valence-corrected chi connectivity index (χ1v) is 13.6. The fourth-order valence-electron chi connectivity index (χ4n) is 3.52. The molecule has 12 heteroatoms. The fourth-order valence-corrected chi connectivity index (χ4v) is 4.62. The average Bonchev–Trinajstić information content (AvgIpc) is 2.91. The first kappa shape index (κ1) is 29.0. The zero-order chi connectivity index (χ0) is 28.3. The molecule has 3 aromatic carbocycles. The second-order valence-electron chi connectivity index (χ2n) is 8.50. The second-order valence-corrected chi connectivity index (χ2v) is 10.2. The van der Waals surface area contributed by atoms with Gasteiger partial charge in [0, 0.05) is 17.9 Å². The Labute approximate surface area is 226 Å². The van der Waals surface area contributed by atoms with Gasteiger partial charge in [0.15, 0.2) is 0 Å². The van der Waals surface area contributed by atoms with Crippen molar-refractivity contribution in [3.63, 3.8) is 0 Å². The van der Waals surface area contributed by atoms with E-state index in [1.54, 1.807) is 36.4 Å². The summed E-state index contributed by atoms with van der Waals surface area (Å²) in [4.78, 5) is 35.7. The largest absolute Gasteiger partial charge is 0.481 e. The van der Waals surface area contributed by atoms with Crippen molar-refractivity contribution in [2.75, 3.05) is 16.6 Å². The van der Waals surface area contributed by atoms with Crippen LogP contribution in [-0.2, 0) is 26.2 Å². The van der Waals surface area contributed by atoms with Crippen molar-refractivity contribution in [1.29, 1.82) is 0 Å². The zero-order valence-electron chi connectivity index (χ0n) is 21.2. The molecule has 39 heavy (non-hydrogen) atoms. The third-order valence-corrected chi connectivity index (χ3v) is 6.74. The maximum absolute atomic E-state index is 13.0. The van der Waals surface area contributed by atoms with Crippen molar-refractivity contribution >= 4 is 39.5 Å². The van der Waals surface area contributed by atoms with Crippen LogP contribution in [0.3, 0.4) is 0 Å². The first-order chi connectivity index (χ1) is 18.7. The summed E-state index contributed by atoms with van der Waals surface area (Å²) in [6.07, 6.45) is -0.518. The number of carboxylic acid groups (broad SMARTS) is 1. The van der Waals surface area contributed by atoms with Crippen molar-refractivity contribution in [2.24, 2.45) is 0 Å². The van der Waals surface area contributed by atoms with E-state index in [-0.39, 0.29) is 17.2 Å². The number of urea groups is 1. The number of aliphatic carboxylic acids is 1. The first-order valence-electron chi connectivity index (χ1n) is 12.1. The lowest BCUT2D eigenvalue weighted by atomic mass is 10.0. The van der Waals surface area contributed by atoms with Crippen LogP contribution in [0.5, 0.6) is 0 Å². The van der Waals surface area contributed by atoms with Crippen LogP contribution in [0.4, 0.5) is 21.0 Å². The lowest BCUT2D eigenvalue weighted by Crippen LogP contribution is -2.30. The molecule has 0 unspecified atom stereocenters. The lowest BCUT2D eigenvalue weighted by molar-refractivity contribution is -0.137. The monoisotopic (exact) mass is 554 g/mol. The number of carbonyl (C=O) groups excluding carboxylic acids is 2. The Balaban J connectivity index is 1.72. The van der Waals surface area contributed by atoms with E-state index in [0.717, 1.165) is 12.0 Å². The highest BCUT2D eigenvalue weighted by molar-refractivity contribution is 7.92. The number of hydrogen-bond donors (Lipinski definition) is 5. The molecule has 0 bridgehead atoms. The highest BCUT2D eigenvalue weighted by Crippen LogP contribution is 2.24. The van der Waals surface area contributed by atoms with Crippen LogP contribution in [0.15, 0.2) is 83.8 Å². The van der Waals surface area contributed by atoms with Gasteiger partial charge in [0.1, 0.15) is 6.61 Å². The average molecular weight is 555 g/mol. The molecule has 3 rings (SSSR count). The van der Waals surface area contributed by atoms with Gasteiger partial charge in [0.2, 0.25) is 0 Å². The predicted molar refractivity (Wildman–Crippen MR) is 146 cm³/mol. The van der Waals surface area contributed by atoms with Gasteiger partial charge in [-0.15, -0.1) is 0 Å². The number of sulfonamides is 1. The Kier molecular flexibility index (Phi) is 10.3. The highest BCUT2D eigenvalue weighted by atomic mass is 32.2. The molecule has 0 radical (unpaired) electrons. The van der Waals surface area contributed by atoms with Crippen molar-refractivity contribution in [1.82, 2.24) is 10.6 Å². The Morgan fingerprint density at radius 2 is 1.64 bits per heavy atom. The van der Waals surface area contributed by atoms with Crippen LogP contribution in [-0.4, -0.2) is 38.2 Å². The van der Waals surface area contributed by atoms with Crippen LogP contribution in [0.25, 0.3) is 0 Å². The van der Waals surface area contributed by atoms with Gasteiger partial charge < -0.3 is 25.8 Å². The minimum absolute atomic E-state index is 0.000484. The third-order valence-electron chi connectivity index (χ3n) is 5.36. The number of carbonyl (C=O) groups is 3. The molecule has 0 aliphatic carbocycles.